The van der Waals surface area contributed by atoms with Crippen LogP contribution < -0.4 is 10.1 Å². The van der Waals surface area contributed by atoms with Gasteiger partial charge in [-0.05, 0) is 43.7 Å². The molecule has 5 nitrogen and oxygen atoms in total. The van der Waals surface area contributed by atoms with Gasteiger partial charge >= 0.3 is 5.97 Å². The lowest BCUT2D eigenvalue weighted by molar-refractivity contribution is -0.119. The number of amides is 1. The fourth-order valence-corrected chi connectivity index (χ4v) is 2.29. The van der Waals surface area contributed by atoms with E-state index in [1.54, 1.807) is 37.3 Å². The van der Waals surface area contributed by atoms with Gasteiger partial charge in [-0.2, -0.15) is 0 Å². The average Bonchev–Trinajstić information content (AvgIpc) is 2.56. The van der Waals surface area contributed by atoms with Gasteiger partial charge in [-0.3, -0.25) is 4.79 Å². The summed E-state index contributed by atoms with van der Waals surface area (Å²) in [5, 5.41) is 3.22. The Morgan fingerprint density at radius 2 is 1.92 bits per heavy atom. The Morgan fingerprint density at radius 1 is 1.17 bits per heavy atom. The Bertz CT molecular complexity index is 774. The monoisotopic (exact) mass is 347 g/mol. The van der Waals surface area contributed by atoms with Crippen molar-refractivity contribution in [2.45, 2.75) is 13.8 Å². The van der Waals surface area contributed by atoms with Crippen LogP contribution in [0.15, 0.2) is 36.4 Å². The number of carbonyl (C=O) groups is 2. The van der Waals surface area contributed by atoms with Crippen molar-refractivity contribution in [1.82, 2.24) is 0 Å². The van der Waals surface area contributed by atoms with Crippen molar-refractivity contribution in [2.75, 3.05) is 19.0 Å². The number of anilines is 1. The number of benzene rings is 2. The third-order valence-electron chi connectivity index (χ3n) is 3.45. The van der Waals surface area contributed by atoms with Gasteiger partial charge in [-0.25, -0.2) is 4.79 Å². The van der Waals surface area contributed by atoms with E-state index >= 15 is 0 Å². The van der Waals surface area contributed by atoms with E-state index in [0.717, 1.165) is 11.1 Å². The van der Waals surface area contributed by atoms with Crippen LogP contribution in [0.4, 0.5) is 5.69 Å². The molecule has 6 heteroatoms. The highest BCUT2D eigenvalue weighted by atomic mass is 35.5. The molecule has 0 saturated carbocycles. The third-order valence-corrected chi connectivity index (χ3v) is 3.86. The van der Waals surface area contributed by atoms with Crippen LogP contribution >= 0.6 is 11.6 Å². The molecule has 0 aliphatic heterocycles. The topological polar surface area (TPSA) is 64.6 Å². The lowest BCUT2D eigenvalue weighted by Crippen LogP contribution is -2.21. The summed E-state index contributed by atoms with van der Waals surface area (Å²) >= 11 is 6.00. The zero-order chi connectivity index (χ0) is 17.7. The van der Waals surface area contributed by atoms with Crippen LogP contribution in [0.1, 0.15) is 21.5 Å². The second-order valence-electron chi connectivity index (χ2n) is 5.24. The van der Waals surface area contributed by atoms with Gasteiger partial charge in [0, 0.05) is 10.7 Å². The largest absolute Gasteiger partial charge is 0.496 e. The van der Waals surface area contributed by atoms with Crippen molar-refractivity contribution >= 4 is 29.2 Å². The lowest BCUT2D eigenvalue weighted by atomic mass is 10.1. The summed E-state index contributed by atoms with van der Waals surface area (Å²) in [5.74, 6) is -0.662. The molecule has 2 rings (SSSR count). The first-order valence-electron chi connectivity index (χ1n) is 7.29. The molecule has 126 valence electrons. The van der Waals surface area contributed by atoms with Crippen LogP contribution in [0.25, 0.3) is 0 Å². The van der Waals surface area contributed by atoms with E-state index in [2.05, 4.69) is 5.32 Å². The summed E-state index contributed by atoms with van der Waals surface area (Å²) in [6.07, 6.45) is 0. The van der Waals surface area contributed by atoms with Gasteiger partial charge in [-0.15, -0.1) is 0 Å². The molecule has 0 unspecified atom stereocenters. The standard InChI is InChI=1S/C18H18ClNO4/c1-11-7-8-16(23-3)13(9-11)18(22)24-10-17(21)20-15-6-4-5-14(19)12(15)2/h4-9H,10H2,1-3H3,(H,20,21). The zero-order valence-corrected chi connectivity index (χ0v) is 14.4. The number of rotatable bonds is 5. The number of carbonyl (C=O) groups excluding carboxylic acids is 2. The van der Waals surface area contributed by atoms with Crippen LogP contribution in [-0.4, -0.2) is 25.6 Å². The Hall–Kier alpha value is -2.53. The van der Waals surface area contributed by atoms with E-state index in [0.29, 0.717) is 16.5 Å². The lowest BCUT2D eigenvalue weighted by Gasteiger charge is -2.11. The number of methoxy groups -OCH3 is 1. The molecule has 0 aliphatic carbocycles. The van der Waals surface area contributed by atoms with Crippen molar-refractivity contribution in [3.05, 3.63) is 58.1 Å². The quantitative estimate of drug-likeness (QED) is 0.836. The Labute approximate surface area is 145 Å². The third kappa shape index (κ3) is 4.26. The molecule has 0 saturated heterocycles. The highest BCUT2D eigenvalue weighted by molar-refractivity contribution is 6.31. The van der Waals surface area contributed by atoms with Gasteiger partial charge in [0.2, 0.25) is 0 Å². The van der Waals surface area contributed by atoms with E-state index in [9.17, 15) is 9.59 Å². The molecule has 0 radical (unpaired) electrons. The number of ether oxygens (including phenoxy) is 2. The summed E-state index contributed by atoms with van der Waals surface area (Å²) in [5.41, 5.74) is 2.50. The van der Waals surface area contributed by atoms with E-state index < -0.39 is 18.5 Å². The summed E-state index contributed by atoms with van der Waals surface area (Å²) in [6, 6.07) is 10.3. The van der Waals surface area contributed by atoms with E-state index in [1.165, 1.54) is 7.11 Å². The number of esters is 1. The SMILES string of the molecule is COc1ccc(C)cc1C(=O)OCC(=O)Nc1cccc(Cl)c1C. The van der Waals surface area contributed by atoms with Crippen LogP contribution in [0.5, 0.6) is 5.75 Å². The molecule has 0 heterocycles. The van der Waals surface area contributed by atoms with Gasteiger partial charge in [0.25, 0.3) is 5.91 Å². The number of nitrogens with one attached hydrogen (secondary N) is 1. The van der Waals surface area contributed by atoms with E-state index in [4.69, 9.17) is 21.1 Å². The molecular weight excluding hydrogens is 330 g/mol. The average molecular weight is 348 g/mol. The maximum absolute atomic E-state index is 12.2. The molecule has 0 bridgehead atoms. The second-order valence-corrected chi connectivity index (χ2v) is 5.65. The Morgan fingerprint density at radius 3 is 2.62 bits per heavy atom. The predicted molar refractivity (Wildman–Crippen MR) is 92.8 cm³/mol. The maximum Gasteiger partial charge on any atom is 0.342 e. The van der Waals surface area contributed by atoms with Crippen LogP contribution in [0.3, 0.4) is 0 Å². The molecule has 0 aromatic heterocycles. The van der Waals surface area contributed by atoms with Gasteiger partial charge in [-0.1, -0.05) is 29.3 Å². The molecule has 1 amide bonds. The number of hydrogen-bond acceptors (Lipinski definition) is 4. The van der Waals surface area contributed by atoms with Crippen molar-refractivity contribution in [1.29, 1.82) is 0 Å². The molecule has 0 atom stereocenters. The minimum absolute atomic E-state index is 0.282. The van der Waals surface area contributed by atoms with Crippen molar-refractivity contribution in [2.24, 2.45) is 0 Å². The van der Waals surface area contributed by atoms with Crippen molar-refractivity contribution < 1.29 is 19.1 Å². The molecule has 0 fully saturated rings. The van der Waals surface area contributed by atoms with Gasteiger partial charge < -0.3 is 14.8 Å². The summed E-state index contributed by atoms with van der Waals surface area (Å²) in [6.45, 7) is 3.24. The van der Waals surface area contributed by atoms with E-state index in [-0.39, 0.29) is 5.56 Å². The van der Waals surface area contributed by atoms with E-state index in [1.807, 2.05) is 13.0 Å². The molecule has 2 aromatic carbocycles. The zero-order valence-electron chi connectivity index (χ0n) is 13.7. The summed E-state index contributed by atoms with van der Waals surface area (Å²) in [7, 11) is 1.47. The van der Waals surface area contributed by atoms with Crippen molar-refractivity contribution in [3.8, 4) is 5.75 Å². The normalized spacial score (nSPS) is 10.2. The molecule has 24 heavy (non-hydrogen) atoms. The first kappa shape index (κ1) is 17.8. The number of aryl methyl sites for hydroxylation is 1. The molecule has 0 aliphatic rings. The van der Waals surface area contributed by atoms with Crippen LogP contribution in [0, 0.1) is 13.8 Å². The Kier molecular flexibility index (Phi) is 5.82. The summed E-state index contributed by atoms with van der Waals surface area (Å²) < 4.78 is 10.2. The predicted octanol–water partition coefficient (Wildman–Crippen LogP) is 3.76. The van der Waals surface area contributed by atoms with Gasteiger partial charge in [0.05, 0.1) is 7.11 Å². The molecule has 2 aromatic rings. The van der Waals surface area contributed by atoms with Gasteiger partial charge in [0.1, 0.15) is 11.3 Å². The highest BCUT2D eigenvalue weighted by Gasteiger charge is 2.16. The Balaban J connectivity index is 2.00. The molecule has 1 N–H and O–H groups in total. The van der Waals surface area contributed by atoms with Gasteiger partial charge in [0.15, 0.2) is 6.61 Å². The summed E-state index contributed by atoms with van der Waals surface area (Å²) in [4.78, 5) is 24.1. The first-order valence-corrected chi connectivity index (χ1v) is 7.67. The fourth-order valence-electron chi connectivity index (χ4n) is 2.12. The molecular formula is C18H18ClNO4. The fraction of sp³-hybridized carbons (Fsp3) is 0.222. The molecule has 0 spiro atoms. The van der Waals surface area contributed by atoms with Crippen molar-refractivity contribution in [3.63, 3.8) is 0 Å². The second kappa shape index (κ2) is 7.84. The highest BCUT2D eigenvalue weighted by Crippen LogP contribution is 2.23. The minimum atomic E-state index is -0.617. The van der Waals surface area contributed by atoms with Crippen LogP contribution in [-0.2, 0) is 9.53 Å². The van der Waals surface area contributed by atoms with Crippen LogP contribution in [0.2, 0.25) is 5.02 Å². The number of halogens is 1. The first-order chi connectivity index (χ1) is 11.4. The maximum atomic E-state index is 12.2. The minimum Gasteiger partial charge on any atom is -0.496 e. The smallest absolute Gasteiger partial charge is 0.342 e. The number of hydrogen-bond donors (Lipinski definition) is 1.